The van der Waals surface area contributed by atoms with Crippen LogP contribution in [0.1, 0.15) is 28.8 Å². The van der Waals surface area contributed by atoms with Gasteiger partial charge in [0, 0.05) is 45.4 Å². The van der Waals surface area contributed by atoms with Crippen LogP contribution in [0.4, 0.5) is 0 Å². The maximum Gasteiger partial charge on any atom is 0.254 e. The lowest BCUT2D eigenvalue weighted by Crippen LogP contribution is -2.49. The second kappa shape index (κ2) is 13.4. The van der Waals surface area contributed by atoms with Gasteiger partial charge in [-0.25, -0.2) is 0 Å². The van der Waals surface area contributed by atoms with E-state index in [0.717, 1.165) is 18.5 Å². The SMILES string of the molecule is COCC(=O)N1CC(N(Cc2cccc(OC)c2)C(=O)c2ccc(OC)cc2)CC1C(=O)N1CCCNCC1. The molecule has 0 saturated carbocycles. The van der Waals surface area contributed by atoms with Crippen molar-refractivity contribution in [3.05, 3.63) is 59.7 Å². The highest BCUT2D eigenvalue weighted by molar-refractivity contribution is 5.95. The molecular weight excluding hydrogens is 500 g/mol. The van der Waals surface area contributed by atoms with E-state index in [0.29, 0.717) is 49.7 Å². The molecule has 0 aromatic heterocycles. The molecule has 210 valence electrons. The van der Waals surface area contributed by atoms with Crippen molar-refractivity contribution >= 4 is 17.7 Å². The fraction of sp³-hybridized carbons (Fsp3) is 0.483. The predicted molar refractivity (Wildman–Crippen MR) is 146 cm³/mol. The summed E-state index contributed by atoms with van der Waals surface area (Å²) in [6.07, 6.45) is 1.20. The molecule has 4 rings (SSSR count). The van der Waals surface area contributed by atoms with Crippen molar-refractivity contribution in [2.45, 2.75) is 31.5 Å². The normalized spacial score (nSPS) is 19.4. The van der Waals surface area contributed by atoms with E-state index in [4.69, 9.17) is 14.2 Å². The van der Waals surface area contributed by atoms with E-state index in [2.05, 4.69) is 5.32 Å². The molecule has 0 bridgehead atoms. The van der Waals surface area contributed by atoms with E-state index in [9.17, 15) is 14.4 Å². The van der Waals surface area contributed by atoms with Crippen LogP contribution >= 0.6 is 0 Å². The fourth-order valence-electron chi connectivity index (χ4n) is 5.27. The van der Waals surface area contributed by atoms with Crippen LogP contribution in [0.2, 0.25) is 0 Å². The zero-order valence-corrected chi connectivity index (χ0v) is 22.9. The Kier molecular flexibility index (Phi) is 9.78. The lowest BCUT2D eigenvalue weighted by molar-refractivity contribution is -0.145. The molecule has 2 heterocycles. The highest BCUT2D eigenvalue weighted by Gasteiger charge is 2.44. The van der Waals surface area contributed by atoms with Gasteiger partial charge in [-0.2, -0.15) is 0 Å². The number of nitrogens with one attached hydrogen (secondary N) is 1. The summed E-state index contributed by atoms with van der Waals surface area (Å²) in [7, 11) is 4.64. The quantitative estimate of drug-likeness (QED) is 0.520. The van der Waals surface area contributed by atoms with Gasteiger partial charge in [0.15, 0.2) is 0 Å². The van der Waals surface area contributed by atoms with Gasteiger partial charge in [-0.3, -0.25) is 14.4 Å². The van der Waals surface area contributed by atoms with Crippen LogP contribution in [-0.2, 0) is 20.9 Å². The van der Waals surface area contributed by atoms with Gasteiger partial charge < -0.3 is 34.2 Å². The molecule has 2 atom stereocenters. The molecule has 1 N–H and O–H groups in total. The molecule has 2 fully saturated rings. The third kappa shape index (κ3) is 6.88. The standard InChI is InChI=1S/C29H38N4O6/c1-37-20-27(34)33-19-23(17-26(33)29(36)31-14-5-12-30-13-15-31)32(18-21-6-4-7-25(16-21)39-3)28(35)22-8-10-24(38-2)11-9-22/h4,6-11,16,23,26,30H,5,12-15,17-20H2,1-3H3. The van der Waals surface area contributed by atoms with Crippen molar-refractivity contribution in [1.82, 2.24) is 20.0 Å². The number of rotatable bonds is 9. The molecule has 0 spiro atoms. The summed E-state index contributed by atoms with van der Waals surface area (Å²) in [4.78, 5) is 46.0. The maximum atomic E-state index is 13.9. The van der Waals surface area contributed by atoms with E-state index < -0.39 is 6.04 Å². The van der Waals surface area contributed by atoms with E-state index in [1.54, 1.807) is 48.3 Å². The number of carbonyl (C=O) groups excluding carboxylic acids is 3. The van der Waals surface area contributed by atoms with Gasteiger partial charge >= 0.3 is 0 Å². The molecule has 2 aliphatic heterocycles. The molecule has 39 heavy (non-hydrogen) atoms. The lowest BCUT2D eigenvalue weighted by Gasteiger charge is -2.29. The average molecular weight is 539 g/mol. The van der Waals surface area contributed by atoms with E-state index in [1.165, 1.54) is 7.11 Å². The highest BCUT2D eigenvalue weighted by Crippen LogP contribution is 2.28. The van der Waals surface area contributed by atoms with Crippen molar-refractivity contribution in [3.63, 3.8) is 0 Å². The van der Waals surface area contributed by atoms with Gasteiger partial charge in [0.1, 0.15) is 24.1 Å². The second-order valence-corrected chi connectivity index (χ2v) is 9.83. The van der Waals surface area contributed by atoms with Crippen molar-refractivity contribution in [2.24, 2.45) is 0 Å². The van der Waals surface area contributed by atoms with Crippen LogP contribution in [-0.4, -0.2) is 105 Å². The van der Waals surface area contributed by atoms with Crippen molar-refractivity contribution in [2.75, 3.05) is 60.7 Å². The molecule has 2 aromatic carbocycles. The number of carbonyl (C=O) groups is 3. The number of methoxy groups -OCH3 is 3. The third-order valence-electron chi connectivity index (χ3n) is 7.33. The van der Waals surface area contributed by atoms with Crippen LogP contribution in [0, 0.1) is 0 Å². The minimum Gasteiger partial charge on any atom is -0.497 e. The molecule has 3 amide bonds. The Labute approximate surface area is 229 Å². The zero-order chi connectivity index (χ0) is 27.8. The number of ether oxygens (including phenoxy) is 3. The minimum absolute atomic E-state index is 0.0797. The summed E-state index contributed by atoms with van der Waals surface area (Å²) in [6.45, 7) is 3.21. The molecular formula is C29H38N4O6. The van der Waals surface area contributed by atoms with Crippen molar-refractivity contribution < 1.29 is 28.6 Å². The highest BCUT2D eigenvalue weighted by atomic mass is 16.5. The summed E-state index contributed by atoms with van der Waals surface area (Å²) in [5.74, 6) is 0.821. The Morgan fingerprint density at radius 2 is 1.74 bits per heavy atom. The maximum absolute atomic E-state index is 13.9. The number of benzene rings is 2. The lowest BCUT2D eigenvalue weighted by atomic mass is 10.1. The second-order valence-electron chi connectivity index (χ2n) is 9.83. The van der Waals surface area contributed by atoms with Gasteiger partial charge in [0.25, 0.3) is 5.91 Å². The molecule has 2 aromatic rings. The Hall–Kier alpha value is -3.63. The van der Waals surface area contributed by atoms with Gasteiger partial charge in [0.05, 0.1) is 20.3 Å². The van der Waals surface area contributed by atoms with Crippen LogP contribution in [0.3, 0.4) is 0 Å². The first kappa shape index (κ1) is 28.4. The number of amides is 3. The average Bonchev–Trinajstić information content (AvgIpc) is 3.23. The summed E-state index contributed by atoms with van der Waals surface area (Å²) >= 11 is 0. The summed E-state index contributed by atoms with van der Waals surface area (Å²) < 4.78 is 15.8. The smallest absolute Gasteiger partial charge is 0.254 e. The predicted octanol–water partition coefficient (Wildman–Crippen LogP) is 1.78. The van der Waals surface area contributed by atoms with E-state index >= 15 is 0 Å². The first-order chi connectivity index (χ1) is 18.9. The molecule has 2 unspecified atom stereocenters. The van der Waals surface area contributed by atoms with E-state index in [1.807, 2.05) is 29.2 Å². The molecule has 0 radical (unpaired) electrons. The Balaban J connectivity index is 1.65. The topological polar surface area (TPSA) is 101 Å². The molecule has 2 saturated heterocycles. The Bertz CT molecular complexity index is 1130. The Morgan fingerprint density at radius 3 is 2.46 bits per heavy atom. The number of likely N-dealkylation sites (tertiary alicyclic amines) is 1. The fourth-order valence-corrected chi connectivity index (χ4v) is 5.27. The van der Waals surface area contributed by atoms with Gasteiger partial charge in [0.2, 0.25) is 11.8 Å². The Morgan fingerprint density at radius 1 is 0.974 bits per heavy atom. The first-order valence-electron chi connectivity index (χ1n) is 13.3. The summed E-state index contributed by atoms with van der Waals surface area (Å²) in [5, 5.41) is 3.32. The van der Waals surface area contributed by atoms with Crippen LogP contribution in [0.25, 0.3) is 0 Å². The van der Waals surface area contributed by atoms with Crippen molar-refractivity contribution in [3.8, 4) is 11.5 Å². The number of hydrogen-bond donors (Lipinski definition) is 1. The van der Waals surface area contributed by atoms with Gasteiger partial charge in [-0.05, 0) is 61.3 Å². The van der Waals surface area contributed by atoms with Crippen molar-refractivity contribution in [1.29, 1.82) is 0 Å². The summed E-state index contributed by atoms with van der Waals surface area (Å²) in [5.41, 5.74) is 1.39. The van der Waals surface area contributed by atoms with Crippen LogP contribution in [0.15, 0.2) is 48.5 Å². The van der Waals surface area contributed by atoms with Gasteiger partial charge in [-0.1, -0.05) is 12.1 Å². The molecule has 10 nitrogen and oxygen atoms in total. The zero-order valence-electron chi connectivity index (χ0n) is 22.9. The third-order valence-corrected chi connectivity index (χ3v) is 7.33. The molecule has 0 aliphatic carbocycles. The van der Waals surface area contributed by atoms with Gasteiger partial charge in [-0.15, -0.1) is 0 Å². The minimum atomic E-state index is -0.660. The largest absolute Gasteiger partial charge is 0.497 e. The first-order valence-corrected chi connectivity index (χ1v) is 13.3. The number of hydrogen-bond acceptors (Lipinski definition) is 7. The molecule has 2 aliphatic rings. The van der Waals surface area contributed by atoms with E-state index in [-0.39, 0.29) is 36.9 Å². The monoisotopic (exact) mass is 538 g/mol. The number of nitrogens with zero attached hydrogens (tertiary/aromatic N) is 3. The molecule has 10 heteroatoms. The van der Waals surface area contributed by atoms with Crippen LogP contribution < -0.4 is 14.8 Å². The summed E-state index contributed by atoms with van der Waals surface area (Å²) in [6, 6.07) is 13.5. The van der Waals surface area contributed by atoms with Crippen LogP contribution in [0.5, 0.6) is 11.5 Å².